The third-order valence-electron chi connectivity index (χ3n) is 7.12. The Morgan fingerprint density at radius 3 is 2.70 bits per heavy atom. The molecule has 11 nitrogen and oxygen atoms in total. The van der Waals surface area contributed by atoms with Crippen LogP contribution in [-0.2, 0) is 6.54 Å². The maximum atomic E-state index is 15.0. The first kappa shape index (κ1) is 27.5. The maximum Gasteiger partial charge on any atom is 0.406 e. The number of piperazine rings is 1. The first-order chi connectivity index (χ1) is 19.4. The normalized spacial score (nSPS) is 19.1. The summed E-state index contributed by atoms with van der Waals surface area (Å²) in [4.78, 5) is 22.4. The van der Waals surface area contributed by atoms with Gasteiger partial charge in [0.15, 0.2) is 23.1 Å². The van der Waals surface area contributed by atoms with Gasteiger partial charge in [-0.3, -0.25) is 15.1 Å². The van der Waals surface area contributed by atoms with Gasteiger partial charge >= 0.3 is 6.09 Å². The number of nitrogens with zero attached hydrogens (tertiary/aromatic N) is 4. The molecule has 0 radical (unpaired) electrons. The van der Waals surface area contributed by atoms with Gasteiger partial charge in [-0.1, -0.05) is 6.07 Å². The summed E-state index contributed by atoms with van der Waals surface area (Å²) < 4.78 is 31.6. The first-order valence-corrected chi connectivity index (χ1v) is 13.4. The summed E-state index contributed by atoms with van der Waals surface area (Å²) in [5.74, 6) is 1.31. The predicted molar refractivity (Wildman–Crippen MR) is 148 cm³/mol. The third kappa shape index (κ3) is 6.75. The number of amides is 1. The van der Waals surface area contributed by atoms with Gasteiger partial charge in [0, 0.05) is 63.3 Å². The van der Waals surface area contributed by atoms with E-state index >= 15 is 0 Å². The first-order valence-electron chi connectivity index (χ1n) is 13.4. The molecule has 1 saturated heterocycles. The van der Waals surface area contributed by atoms with Crippen LogP contribution < -0.4 is 24.8 Å². The monoisotopic (exact) mass is 554 g/mol. The lowest BCUT2D eigenvalue weighted by molar-refractivity contribution is 0.0965. The second kappa shape index (κ2) is 12.4. The zero-order valence-corrected chi connectivity index (χ0v) is 22.7. The fourth-order valence-corrected chi connectivity index (χ4v) is 4.88. The highest BCUT2D eigenvalue weighted by Crippen LogP contribution is 2.33. The Bertz CT molecular complexity index is 1260. The van der Waals surface area contributed by atoms with E-state index in [4.69, 9.17) is 14.2 Å². The highest BCUT2D eigenvalue weighted by molar-refractivity contribution is 5.95. The number of carboxylic acid groups (broad SMARTS) is 1. The van der Waals surface area contributed by atoms with Crippen LogP contribution in [0.1, 0.15) is 19.4 Å². The van der Waals surface area contributed by atoms with Crippen molar-refractivity contribution in [1.82, 2.24) is 20.0 Å². The average molecular weight is 555 g/mol. The van der Waals surface area contributed by atoms with Crippen LogP contribution in [0.25, 0.3) is 0 Å². The molecule has 0 aromatic heterocycles. The molecule has 3 aliphatic rings. The molecule has 1 atom stereocenters. The van der Waals surface area contributed by atoms with Crippen LogP contribution in [0, 0.1) is 5.82 Å². The van der Waals surface area contributed by atoms with E-state index in [1.165, 1.54) is 12.3 Å². The lowest BCUT2D eigenvalue weighted by Crippen LogP contribution is -2.52. The third-order valence-corrected chi connectivity index (χ3v) is 7.12. The summed E-state index contributed by atoms with van der Waals surface area (Å²) in [6, 6.07) is 10.7. The molecule has 2 aromatic carbocycles. The highest BCUT2D eigenvalue weighted by atomic mass is 19.1. The molecule has 0 bridgehead atoms. The van der Waals surface area contributed by atoms with Crippen LogP contribution in [0.15, 0.2) is 53.7 Å². The second-order valence-corrected chi connectivity index (χ2v) is 10.1. The van der Waals surface area contributed by atoms with Crippen molar-refractivity contribution in [2.45, 2.75) is 32.6 Å². The summed E-state index contributed by atoms with van der Waals surface area (Å²) in [6.07, 6.45) is 1.26. The number of aliphatic imine (C=N–C) groups is 1. The van der Waals surface area contributed by atoms with Crippen LogP contribution in [0.3, 0.4) is 0 Å². The molecule has 5 rings (SSSR count). The molecule has 3 N–H and O–H groups in total. The number of ether oxygens (including phenoxy) is 3. The molecule has 0 saturated carbocycles. The molecule has 214 valence electrons. The Balaban J connectivity index is 1.21. The van der Waals surface area contributed by atoms with Crippen LogP contribution >= 0.6 is 0 Å². The number of anilines is 1. The van der Waals surface area contributed by atoms with Gasteiger partial charge in [0.2, 0.25) is 12.8 Å². The number of hydrogen-bond acceptors (Lipinski definition) is 9. The molecule has 40 heavy (non-hydrogen) atoms. The maximum absolute atomic E-state index is 15.0. The second-order valence-electron chi connectivity index (χ2n) is 10.1. The molecule has 1 amide bonds. The number of benzene rings is 2. The number of carbonyl (C=O) groups is 1. The molecule has 3 aliphatic heterocycles. The van der Waals surface area contributed by atoms with Gasteiger partial charge in [-0.15, -0.1) is 0 Å². The summed E-state index contributed by atoms with van der Waals surface area (Å²) >= 11 is 0. The lowest BCUT2D eigenvalue weighted by Gasteiger charge is -2.36. The minimum atomic E-state index is -1.18. The summed E-state index contributed by atoms with van der Waals surface area (Å²) in [7, 11) is 0. The molecular weight excluding hydrogens is 519 g/mol. The van der Waals surface area contributed by atoms with E-state index in [2.05, 4.69) is 39.3 Å². The van der Waals surface area contributed by atoms with Crippen molar-refractivity contribution in [2.24, 2.45) is 4.99 Å². The van der Waals surface area contributed by atoms with E-state index in [9.17, 15) is 14.3 Å². The van der Waals surface area contributed by atoms with Gasteiger partial charge in [0.1, 0.15) is 12.8 Å². The fourth-order valence-electron chi connectivity index (χ4n) is 4.88. The molecule has 0 aliphatic carbocycles. The average Bonchev–Trinajstić information content (AvgIpc) is 3.40. The van der Waals surface area contributed by atoms with Crippen LogP contribution in [0.5, 0.6) is 17.2 Å². The Kier molecular flexibility index (Phi) is 8.56. The van der Waals surface area contributed by atoms with E-state index in [1.807, 2.05) is 12.1 Å². The van der Waals surface area contributed by atoms with Gasteiger partial charge in [-0.25, -0.2) is 14.2 Å². The molecule has 2 aromatic rings. The Morgan fingerprint density at radius 1 is 1.15 bits per heavy atom. The number of nitrogens with one attached hydrogen (secondary N) is 2. The van der Waals surface area contributed by atoms with E-state index in [-0.39, 0.29) is 12.5 Å². The SMILES string of the molecule is CC(C)N1CCN(CCOc2ccc(NC3=NC=CC(NC(=O)O)N3Cc3ccc4c(c3)OCO4)cc2F)CC1. The van der Waals surface area contributed by atoms with Gasteiger partial charge in [0.25, 0.3) is 0 Å². The van der Waals surface area contributed by atoms with Crippen LogP contribution in [-0.4, -0.2) is 90.2 Å². The number of fused-ring (bicyclic) bond motifs is 1. The van der Waals surface area contributed by atoms with E-state index in [0.29, 0.717) is 42.3 Å². The molecule has 3 heterocycles. The summed E-state index contributed by atoms with van der Waals surface area (Å²) in [5, 5.41) is 15.0. The van der Waals surface area contributed by atoms with E-state index < -0.39 is 18.1 Å². The molecule has 1 unspecified atom stereocenters. The van der Waals surface area contributed by atoms with Crippen molar-refractivity contribution in [1.29, 1.82) is 0 Å². The summed E-state index contributed by atoms with van der Waals surface area (Å²) in [6.45, 7) is 10.0. The van der Waals surface area contributed by atoms with Crippen molar-refractivity contribution in [3.63, 3.8) is 0 Å². The van der Waals surface area contributed by atoms with Crippen LogP contribution in [0.4, 0.5) is 14.9 Å². The highest BCUT2D eigenvalue weighted by Gasteiger charge is 2.26. The van der Waals surface area contributed by atoms with Gasteiger partial charge in [-0.05, 0) is 49.8 Å². The minimum absolute atomic E-state index is 0.156. The molecule has 0 spiro atoms. The number of hydrogen-bond donors (Lipinski definition) is 3. The Hall–Kier alpha value is -4.03. The summed E-state index contributed by atoms with van der Waals surface area (Å²) in [5.41, 5.74) is 1.31. The van der Waals surface area contributed by atoms with Gasteiger partial charge in [-0.2, -0.15) is 0 Å². The number of rotatable bonds is 9. The smallest absolute Gasteiger partial charge is 0.406 e. The zero-order chi connectivity index (χ0) is 28.1. The fraction of sp³-hybridized carbons (Fsp3) is 0.429. The van der Waals surface area contributed by atoms with E-state index in [0.717, 1.165) is 38.3 Å². The standard InChI is InChI=1S/C28H35FN6O5/c1-19(2)34-11-9-33(10-12-34)13-14-38-23-6-4-21(16-22(23)29)31-27-30-8-7-26(32-28(36)37)35(27)17-20-3-5-24-25(15-20)40-18-39-24/h3-8,15-16,19,26,32H,9-14,17-18H2,1-2H3,(H,30,31)(H,36,37). The minimum Gasteiger partial charge on any atom is -0.489 e. The van der Waals surface area contributed by atoms with Crippen LogP contribution in [0.2, 0.25) is 0 Å². The lowest BCUT2D eigenvalue weighted by atomic mass is 10.1. The van der Waals surface area contributed by atoms with E-state index in [1.54, 1.807) is 29.2 Å². The quantitative estimate of drug-likeness (QED) is 0.430. The van der Waals surface area contributed by atoms with Gasteiger partial charge < -0.3 is 29.5 Å². The number of halogens is 1. The van der Waals surface area contributed by atoms with Gasteiger partial charge in [0.05, 0.1) is 0 Å². The topological polar surface area (TPSA) is 111 Å². The van der Waals surface area contributed by atoms with Crippen molar-refractivity contribution in [2.75, 3.05) is 51.4 Å². The predicted octanol–water partition coefficient (Wildman–Crippen LogP) is 3.35. The van der Waals surface area contributed by atoms with Crippen molar-refractivity contribution >= 4 is 17.7 Å². The largest absolute Gasteiger partial charge is 0.489 e. The Morgan fingerprint density at radius 2 is 1.95 bits per heavy atom. The van der Waals surface area contributed by atoms with Crippen molar-refractivity contribution < 1.29 is 28.5 Å². The zero-order valence-electron chi connectivity index (χ0n) is 22.7. The molecule has 1 fully saturated rings. The Labute approximate surface area is 232 Å². The molecular formula is C28H35FN6O5. The van der Waals surface area contributed by atoms with Crippen molar-refractivity contribution in [3.05, 3.63) is 60.1 Å². The molecule has 12 heteroatoms. The number of guanidine groups is 1. The van der Waals surface area contributed by atoms with Crippen molar-refractivity contribution in [3.8, 4) is 17.2 Å².